The summed E-state index contributed by atoms with van der Waals surface area (Å²) >= 11 is 12.7. The van der Waals surface area contributed by atoms with Crippen LogP contribution >= 0.6 is 23.2 Å². The number of nitrogens with one attached hydrogen (secondary N) is 1. The summed E-state index contributed by atoms with van der Waals surface area (Å²) in [6.07, 6.45) is 0. The van der Waals surface area contributed by atoms with Crippen molar-refractivity contribution in [1.29, 1.82) is 0 Å². The monoisotopic (exact) mass is 575 g/mol. The van der Waals surface area contributed by atoms with Crippen molar-refractivity contribution in [2.45, 2.75) is 45.2 Å². The first-order valence-corrected chi connectivity index (χ1v) is 14.3. The third-order valence-corrected chi connectivity index (χ3v) is 8.71. The van der Waals surface area contributed by atoms with Crippen molar-refractivity contribution >= 4 is 50.7 Å². The molecule has 3 rings (SSSR count). The molecule has 0 radical (unpaired) electrons. The molecule has 0 spiro atoms. The van der Waals surface area contributed by atoms with Crippen molar-refractivity contribution in [3.63, 3.8) is 0 Å². The molecule has 1 atom stereocenters. The summed E-state index contributed by atoms with van der Waals surface area (Å²) in [5.41, 5.74) is 2.52. The molecule has 10 heteroatoms. The van der Waals surface area contributed by atoms with E-state index in [1.165, 1.54) is 23.1 Å². The van der Waals surface area contributed by atoms with Crippen LogP contribution in [0.15, 0.2) is 71.6 Å². The van der Waals surface area contributed by atoms with E-state index in [1.54, 1.807) is 69.3 Å². The van der Waals surface area contributed by atoms with Gasteiger partial charge in [0, 0.05) is 23.1 Å². The number of carbonyl (C=O) groups excluding carboxylic acids is 2. The van der Waals surface area contributed by atoms with Gasteiger partial charge in [-0.1, -0.05) is 65.2 Å². The maximum Gasteiger partial charge on any atom is 0.264 e. The molecule has 0 aromatic heterocycles. The van der Waals surface area contributed by atoms with Crippen LogP contribution < -0.4 is 9.62 Å². The highest BCUT2D eigenvalue weighted by Crippen LogP contribution is 2.29. The number of anilines is 1. The quantitative estimate of drug-likeness (QED) is 0.352. The summed E-state index contributed by atoms with van der Waals surface area (Å²) in [6, 6.07) is 17.3. The van der Waals surface area contributed by atoms with Crippen LogP contribution in [0.4, 0.5) is 5.69 Å². The van der Waals surface area contributed by atoms with E-state index in [2.05, 4.69) is 5.32 Å². The maximum atomic E-state index is 13.8. The molecule has 0 aliphatic rings. The number of nitrogens with zero attached hydrogens (tertiary/aromatic N) is 2. The minimum absolute atomic E-state index is 0.0177. The maximum absolute atomic E-state index is 13.8. The lowest BCUT2D eigenvalue weighted by molar-refractivity contribution is -0.139. The van der Waals surface area contributed by atoms with Gasteiger partial charge in [0.25, 0.3) is 10.0 Å². The minimum Gasteiger partial charge on any atom is -0.355 e. The molecule has 0 saturated heterocycles. The lowest BCUT2D eigenvalue weighted by atomic mass is 10.1. The third-order valence-electron chi connectivity index (χ3n) is 6.15. The van der Waals surface area contributed by atoms with Crippen molar-refractivity contribution in [3.05, 3.63) is 93.5 Å². The van der Waals surface area contributed by atoms with E-state index < -0.39 is 28.5 Å². The van der Waals surface area contributed by atoms with Crippen LogP contribution in [0.3, 0.4) is 0 Å². The van der Waals surface area contributed by atoms with Gasteiger partial charge in [-0.2, -0.15) is 0 Å². The number of sulfonamides is 1. The Labute approximate surface area is 234 Å². The first kappa shape index (κ1) is 29.5. The van der Waals surface area contributed by atoms with Gasteiger partial charge in [-0.15, -0.1) is 0 Å². The zero-order chi connectivity index (χ0) is 28.0. The van der Waals surface area contributed by atoms with Gasteiger partial charge < -0.3 is 10.2 Å². The van der Waals surface area contributed by atoms with Gasteiger partial charge in [-0.05, 0) is 69.2 Å². The van der Waals surface area contributed by atoms with Crippen molar-refractivity contribution in [2.24, 2.45) is 0 Å². The van der Waals surface area contributed by atoms with Crippen LogP contribution in [0.1, 0.15) is 30.5 Å². The van der Waals surface area contributed by atoms with Gasteiger partial charge in [0.2, 0.25) is 11.8 Å². The Morgan fingerprint density at radius 3 is 2.21 bits per heavy atom. The van der Waals surface area contributed by atoms with Crippen molar-refractivity contribution in [2.75, 3.05) is 17.4 Å². The summed E-state index contributed by atoms with van der Waals surface area (Å²) in [5.74, 6) is -0.935. The third kappa shape index (κ3) is 6.87. The summed E-state index contributed by atoms with van der Waals surface area (Å²) in [4.78, 5) is 28.0. The summed E-state index contributed by atoms with van der Waals surface area (Å²) in [6.45, 7) is 6.88. The average Bonchev–Trinajstić information content (AvgIpc) is 2.88. The second-order valence-corrected chi connectivity index (χ2v) is 11.6. The number of amides is 2. The van der Waals surface area contributed by atoms with Crippen LogP contribution in [0, 0.1) is 13.8 Å². The van der Waals surface area contributed by atoms with E-state index in [0.717, 1.165) is 15.4 Å². The number of rotatable bonds is 10. The first-order valence-electron chi connectivity index (χ1n) is 12.1. The molecule has 2 amide bonds. The smallest absolute Gasteiger partial charge is 0.264 e. The first-order chi connectivity index (χ1) is 17.9. The molecule has 3 aromatic carbocycles. The topological polar surface area (TPSA) is 86.8 Å². The molecule has 0 saturated carbocycles. The van der Waals surface area contributed by atoms with Crippen LogP contribution in [-0.4, -0.2) is 44.3 Å². The Morgan fingerprint density at radius 2 is 1.61 bits per heavy atom. The summed E-state index contributed by atoms with van der Waals surface area (Å²) < 4.78 is 28.7. The highest BCUT2D eigenvalue weighted by molar-refractivity contribution is 7.92. The molecule has 0 heterocycles. The Kier molecular flexibility index (Phi) is 9.82. The number of benzene rings is 3. The number of hydrogen-bond donors (Lipinski definition) is 1. The standard InChI is InChI=1S/C28H31Cl2N3O4S/c1-5-31-28(35)21(4)32(17-22-8-6-7-9-25(22)29)27(34)18-33(23-13-12-20(3)26(30)16-23)38(36,37)24-14-10-19(2)11-15-24/h6-16,21H,5,17-18H2,1-4H3,(H,31,35)/t21-/m0/s1. The highest BCUT2D eigenvalue weighted by atomic mass is 35.5. The normalized spacial score (nSPS) is 12.1. The Hall–Kier alpha value is -3.07. The number of carbonyl (C=O) groups is 2. The molecule has 38 heavy (non-hydrogen) atoms. The Morgan fingerprint density at radius 1 is 0.947 bits per heavy atom. The van der Waals surface area contributed by atoms with Crippen molar-refractivity contribution < 1.29 is 18.0 Å². The minimum atomic E-state index is -4.17. The van der Waals surface area contributed by atoms with E-state index in [1.807, 2.05) is 6.92 Å². The lowest BCUT2D eigenvalue weighted by Gasteiger charge is -2.32. The van der Waals surface area contributed by atoms with E-state index in [9.17, 15) is 18.0 Å². The second-order valence-electron chi connectivity index (χ2n) is 8.94. The molecule has 7 nitrogen and oxygen atoms in total. The fourth-order valence-corrected chi connectivity index (χ4v) is 5.59. The average molecular weight is 577 g/mol. The molecule has 0 fully saturated rings. The molecule has 202 valence electrons. The molecule has 0 bridgehead atoms. The number of halogens is 2. The van der Waals surface area contributed by atoms with E-state index >= 15 is 0 Å². The zero-order valence-corrected chi connectivity index (χ0v) is 24.1. The van der Waals surface area contributed by atoms with Crippen LogP contribution in [0.5, 0.6) is 0 Å². The predicted molar refractivity (Wildman–Crippen MR) is 152 cm³/mol. The molecule has 1 N–H and O–H groups in total. The molecule has 0 unspecified atom stereocenters. The molecular formula is C28H31Cl2N3O4S. The highest BCUT2D eigenvalue weighted by Gasteiger charge is 2.32. The number of aryl methyl sites for hydroxylation is 2. The van der Waals surface area contributed by atoms with Gasteiger partial charge in [-0.25, -0.2) is 8.42 Å². The van der Waals surface area contributed by atoms with Crippen LogP contribution in [0.2, 0.25) is 10.0 Å². The van der Waals surface area contributed by atoms with Gasteiger partial charge in [0.1, 0.15) is 12.6 Å². The molecule has 3 aromatic rings. The van der Waals surface area contributed by atoms with E-state index in [0.29, 0.717) is 22.2 Å². The van der Waals surface area contributed by atoms with Gasteiger partial charge in [0.05, 0.1) is 10.6 Å². The molecule has 0 aliphatic heterocycles. The molecule has 0 aliphatic carbocycles. The summed E-state index contributed by atoms with van der Waals surface area (Å²) in [7, 11) is -4.17. The lowest BCUT2D eigenvalue weighted by Crippen LogP contribution is -2.51. The number of hydrogen-bond acceptors (Lipinski definition) is 4. The van der Waals surface area contributed by atoms with Crippen molar-refractivity contribution in [3.8, 4) is 0 Å². The fourth-order valence-electron chi connectivity index (χ4n) is 3.82. The predicted octanol–water partition coefficient (Wildman–Crippen LogP) is 5.36. The molecular weight excluding hydrogens is 545 g/mol. The Bertz CT molecular complexity index is 1410. The largest absolute Gasteiger partial charge is 0.355 e. The van der Waals surface area contributed by atoms with Gasteiger partial charge >= 0.3 is 0 Å². The van der Waals surface area contributed by atoms with Gasteiger partial charge in [0.15, 0.2) is 0 Å². The van der Waals surface area contributed by atoms with Crippen LogP contribution in [-0.2, 0) is 26.2 Å². The summed E-state index contributed by atoms with van der Waals surface area (Å²) in [5, 5.41) is 3.52. The Balaban J connectivity index is 2.07. The van der Waals surface area contributed by atoms with E-state index in [-0.39, 0.29) is 23.0 Å². The van der Waals surface area contributed by atoms with Gasteiger partial charge in [-0.3, -0.25) is 13.9 Å². The van der Waals surface area contributed by atoms with Crippen molar-refractivity contribution in [1.82, 2.24) is 10.2 Å². The van der Waals surface area contributed by atoms with E-state index in [4.69, 9.17) is 23.2 Å². The fraction of sp³-hybridized carbons (Fsp3) is 0.286. The SMILES string of the molecule is CCNC(=O)[C@H](C)N(Cc1ccccc1Cl)C(=O)CN(c1ccc(C)c(Cl)c1)S(=O)(=O)c1ccc(C)cc1. The second kappa shape index (κ2) is 12.7. The zero-order valence-electron chi connectivity index (χ0n) is 21.7. The number of likely N-dealkylation sites (N-methyl/N-ethyl adjacent to an activating group) is 1. The van der Waals surface area contributed by atoms with Crippen LogP contribution in [0.25, 0.3) is 0 Å².